The Morgan fingerprint density at radius 3 is 3.00 bits per heavy atom. The quantitative estimate of drug-likeness (QED) is 0.548. The third-order valence-electron chi connectivity index (χ3n) is 1.53. The minimum absolute atomic E-state index is 0.233. The van der Waals surface area contributed by atoms with Gasteiger partial charge in [-0.2, -0.15) is 0 Å². The second-order valence-corrected chi connectivity index (χ2v) is 2.22. The first-order valence-electron chi connectivity index (χ1n) is 3.30. The van der Waals surface area contributed by atoms with Crippen molar-refractivity contribution < 1.29 is 0 Å². The number of hydrogen-bond donors (Lipinski definition) is 0. The molecule has 0 bridgehead atoms. The van der Waals surface area contributed by atoms with Crippen LogP contribution in [0.2, 0.25) is 0 Å². The molecule has 3 heteroatoms. The third kappa shape index (κ3) is 0.902. The fraction of sp³-hybridized carbons (Fsp3) is 0. The van der Waals surface area contributed by atoms with Crippen molar-refractivity contribution in [1.82, 2.24) is 9.38 Å². The Bertz CT molecular complexity index is 428. The van der Waals surface area contributed by atoms with Crippen LogP contribution in [0, 0.1) is 0 Å². The number of aromatic nitrogens is 2. The number of rotatable bonds is 0. The van der Waals surface area contributed by atoms with Gasteiger partial charge in [0.15, 0.2) is 0 Å². The molecule has 0 aliphatic rings. The van der Waals surface area contributed by atoms with E-state index in [0.717, 1.165) is 5.52 Å². The molecule has 0 amide bonds. The lowest BCUT2D eigenvalue weighted by Crippen LogP contribution is -2.14. The number of nitrogens with zero attached hydrogens (tertiary/aromatic N) is 2. The smallest absolute Gasteiger partial charge is 0.268 e. The zero-order valence-corrected chi connectivity index (χ0v) is 5.77. The van der Waals surface area contributed by atoms with Gasteiger partial charge in [0, 0.05) is 12.4 Å². The molecule has 2 rings (SSSR count). The molecular weight excluding hydrogens is 140 g/mol. The monoisotopic (exact) mass is 146 g/mol. The van der Waals surface area contributed by atoms with Gasteiger partial charge in [0.2, 0.25) is 0 Å². The van der Waals surface area contributed by atoms with Gasteiger partial charge in [0.05, 0.1) is 5.52 Å². The van der Waals surface area contributed by atoms with E-state index in [1.165, 1.54) is 10.6 Å². The van der Waals surface area contributed by atoms with E-state index in [0.29, 0.717) is 0 Å². The first-order valence-corrected chi connectivity index (χ1v) is 3.30. The van der Waals surface area contributed by atoms with Crippen LogP contribution in [0.3, 0.4) is 0 Å². The molecule has 0 saturated heterocycles. The van der Waals surface area contributed by atoms with Crippen LogP contribution in [0.15, 0.2) is 41.5 Å². The minimum atomic E-state index is -0.233. The van der Waals surface area contributed by atoms with Crippen LogP contribution in [0.4, 0.5) is 0 Å². The van der Waals surface area contributed by atoms with E-state index in [-0.39, 0.29) is 5.69 Å². The Hall–Kier alpha value is -1.64. The average molecular weight is 146 g/mol. The highest BCUT2D eigenvalue weighted by molar-refractivity contribution is 5.44. The molecule has 0 aliphatic heterocycles. The maximum Gasteiger partial charge on any atom is 0.352 e. The van der Waals surface area contributed by atoms with E-state index in [1.54, 1.807) is 18.3 Å². The fourth-order valence-corrected chi connectivity index (χ4v) is 1.01. The Morgan fingerprint density at radius 1 is 1.27 bits per heavy atom. The largest absolute Gasteiger partial charge is 0.352 e. The van der Waals surface area contributed by atoms with Crippen LogP contribution < -0.4 is 5.69 Å². The maximum absolute atomic E-state index is 11.0. The minimum Gasteiger partial charge on any atom is -0.268 e. The lowest BCUT2D eigenvalue weighted by Gasteiger charge is -1.94. The van der Waals surface area contributed by atoms with E-state index in [4.69, 9.17) is 0 Å². The molecule has 11 heavy (non-hydrogen) atoms. The summed E-state index contributed by atoms with van der Waals surface area (Å²) in [5.41, 5.74) is 0.635. The van der Waals surface area contributed by atoms with E-state index >= 15 is 0 Å². The Labute approximate surface area is 62.9 Å². The maximum atomic E-state index is 11.0. The lowest BCUT2D eigenvalue weighted by atomic mass is 10.4. The van der Waals surface area contributed by atoms with Gasteiger partial charge in [-0.15, -0.1) is 0 Å². The third-order valence-corrected chi connectivity index (χ3v) is 1.53. The first kappa shape index (κ1) is 6.09. The highest BCUT2D eigenvalue weighted by Crippen LogP contribution is 1.95. The molecule has 0 aliphatic carbocycles. The summed E-state index contributed by atoms with van der Waals surface area (Å²) in [4.78, 5) is 14.6. The summed E-state index contributed by atoms with van der Waals surface area (Å²) in [5, 5.41) is 0. The Balaban J connectivity index is 3.03. The summed E-state index contributed by atoms with van der Waals surface area (Å²) in [6.07, 6.45) is 3.21. The number of pyridine rings is 1. The topological polar surface area (TPSA) is 34.4 Å². The predicted molar refractivity (Wildman–Crippen MR) is 41.5 cm³/mol. The lowest BCUT2D eigenvalue weighted by molar-refractivity contribution is 0.993. The molecule has 0 atom stereocenters. The molecule has 0 radical (unpaired) electrons. The van der Waals surface area contributed by atoms with Crippen LogP contribution >= 0.6 is 0 Å². The van der Waals surface area contributed by atoms with Crippen LogP contribution in [-0.4, -0.2) is 9.38 Å². The van der Waals surface area contributed by atoms with Crippen molar-refractivity contribution in [3.63, 3.8) is 0 Å². The second-order valence-electron chi connectivity index (χ2n) is 2.22. The zero-order valence-electron chi connectivity index (χ0n) is 5.77. The molecule has 2 aromatic heterocycles. The molecule has 0 unspecified atom stereocenters. The van der Waals surface area contributed by atoms with Crippen molar-refractivity contribution in [1.29, 1.82) is 0 Å². The van der Waals surface area contributed by atoms with E-state index < -0.39 is 0 Å². The Morgan fingerprint density at radius 2 is 2.18 bits per heavy atom. The molecule has 54 valence electrons. The molecule has 2 aromatic rings. The van der Waals surface area contributed by atoms with Crippen LogP contribution in [0.25, 0.3) is 5.52 Å². The highest BCUT2D eigenvalue weighted by atomic mass is 16.1. The van der Waals surface area contributed by atoms with Crippen molar-refractivity contribution in [2.45, 2.75) is 0 Å². The Kier molecular flexibility index (Phi) is 1.22. The van der Waals surface area contributed by atoms with Crippen molar-refractivity contribution in [2.75, 3.05) is 0 Å². The van der Waals surface area contributed by atoms with Crippen LogP contribution in [0.5, 0.6) is 0 Å². The summed E-state index contributed by atoms with van der Waals surface area (Å²) >= 11 is 0. The van der Waals surface area contributed by atoms with Crippen LogP contribution in [0.1, 0.15) is 0 Å². The molecule has 0 aromatic carbocycles. The van der Waals surface area contributed by atoms with Gasteiger partial charge in [-0.1, -0.05) is 6.07 Å². The summed E-state index contributed by atoms with van der Waals surface area (Å²) in [7, 11) is 0. The normalized spacial score (nSPS) is 10.2. The van der Waals surface area contributed by atoms with E-state index in [9.17, 15) is 4.79 Å². The molecule has 0 spiro atoms. The van der Waals surface area contributed by atoms with E-state index in [1.807, 2.05) is 12.1 Å². The van der Waals surface area contributed by atoms with Gasteiger partial charge < -0.3 is 0 Å². The van der Waals surface area contributed by atoms with Gasteiger partial charge >= 0.3 is 5.69 Å². The highest BCUT2D eigenvalue weighted by Gasteiger charge is 1.90. The van der Waals surface area contributed by atoms with Crippen molar-refractivity contribution in [2.24, 2.45) is 0 Å². The molecular formula is C8H6N2O. The standard InChI is InChI=1S/C8H6N2O/c11-8-9-5-4-7-3-1-2-6-10(7)8/h1-6H. The van der Waals surface area contributed by atoms with Crippen LogP contribution in [-0.2, 0) is 0 Å². The van der Waals surface area contributed by atoms with Gasteiger partial charge in [-0.3, -0.25) is 4.40 Å². The SMILES string of the molecule is O=c1nccc2ccccn12. The molecule has 0 fully saturated rings. The molecule has 0 N–H and O–H groups in total. The average Bonchev–Trinajstić information content (AvgIpc) is 2.06. The van der Waals surface area contributed by atoms with Gasteiger partial charge in [0.1, 0.15) is 0 Å². The summed E-state index contributed by atoms with van der Waals surface area (Å²) in [5.74, 6) is 0. The first-order chi connectivity index (χ1) is 5.38. The molecule has 2 heterocycles. The van der Waals surface area contributed by atoms with Gasteiger partial charge in [0.25, 0.3) is 0 Å². The fourth-order valence-electron chi connectivity index (χ4n) is 1.01. The zero-order chi connectivity index (χ0) is 7.68. The molecule has 0 saturated carbocycles. The van der Waals surface area contributed by atoms with E-state index in [2.05, 4.69) is 4.98 Å². The van der Waals surface area contributed by atoms with Gasteiger partial charge in [-0.05, 0) is 18.2 Å². The summed E-state index contributed by atoms with van der Waals surface area (Å²) < 4.78 is 1.50. The number of fused-ring (bicyclic) bond motifs is 1. The van der Waals surface area contributed by atoms with Crippen molar-refractivity contribution in [3.05, 3.63) is 47.1 Å². The van der Waals surface area contributed by atoms with Crippen molar-refractivity contribution in [3.8, 4) is 0 Å². The predicted octanol–water partition coefficient (Wildman–Crippen LogP) is 0.694. The summed E-state index contributed by atoms with van der Waals surface area (Å²) in [6.45, 7) is 0. The van der Waals surface area contributed by atoms with Crippen molar-refractivity contribution >= 4 is 5.52 Å². The number of hydrogen-bond acceptors (Lipinski definition) is 2. The van der Waals surface area contributed by atoms with Gasteiger partial charge in [-0.25, -0.2) is 9.78 Å². The summed E-state index contributed by atoms with van der Waals surface area (Å²) in [6, 6.07) is 7.34. The molecule has 3 nitrogen and oxygen atoms in total. The second kappa shape index (κ2) is 2.20.